The van der Waals surface area contributed by atoms with Crippen LogP contribution >= 0.6 is 0 Å². The molecule has 0 aromatic heterocycles. The third kappa shape index (κ3) is 4.78. The largest absolute Gasteiger partial charge is 0.508 e. The summed E-state index contributed by atoms with van der Waals surface area (Å²) in [5.74, 6) is -1.35. The van der Waals surface area contributed by atoms with E-state index in [9.17, 15) is 18.4 Å². The van der Waals surface area contributed by atoms with Crippen LogP contribution in [0, 0.1) is 0 Å². The number of benzene rings is 1. The lowest BCUT2D eigenvalue weighted by Gasteiger charge is -2.21. The highest BCUT2D eigenvalue weighted by Gasteiger charge is 2.19. The van der Waals surface area contributed by atoms with Crippen molar-refractivity contribution in [2.24, 2.45) is 0 Å². The third-order valence-corrected chi connectivity index (χ3v) is 2.11. The lowest BCUT2D eigenvalue weighted by Crippen LogP contribution is -2.44. The standard InChI is InChI=1S/C11H12F2N2O4/c12-9(13)5-14-11(19)15(6-10(17)18)7-1-3-8(16)4-2-7/h1-4,9,16H,5-6H2,(H,14,19)(H,17,18). The first-order valence-electron chi connectivity index (χ1n) is 5.24. The lowest BCUT2D eigenvalue weighted by molar-refractivity contribution is -0.135. The van der Waals surface area contributed by atoms with Crippen molar-refractivity contribution in [3.05, 3.63) is 24.3 Å². The lowest BCUT2D eigenvalue weighted by atomic mass is 10.3. The summed E-state index contributed by atoms with van der Waals surface area (Å²) >= 11 is 0. The highest BCUT2D eigenvalue weighted by Crippen LogP contribution is 2.18. The number of nitrogens with one attached hydrogen (secondary N) is 1. The molecule has 0 spiro atoms. The van der Waals surface area contributed by atoms with Crippen molar-refractivity contribution in [2.45, 2.75) is 6.43 Å². The summed E-state index contributed by atoms with van der Waals surface area (Å²) in [5.41, 5.74) is 0.173. The molecular weight excluding hydrogens is 262 g/mol. The second kappa shape index (κ2) is 6.53. The molecule has 0 aliphatic rings. The first-order valence-corrected chi connectivity index (χ1v) is 5.24. The normalized spacial score (nSPS) is 10.3. The Morgan fingerprint density at radius 1 is 1.26 bits per heavy atom. The van der Waals surface area contributed by atoms with E-state index in [1.165, 1.54) is 24.3 Å². The molecule has 0 fully saturated rings. The van der Waals surface area contributed by atoms with Gasteiger partial charge in [-0.15, -0.1) is 0 Å². The highest BCUT2D eigenvalue weighted by molar-refractivity contribution is 5.96. The number of nitrogens with zero attached hydrogens (tertiary/aromatic N) is 1. The maximum Gasteiger partial charge on any atom is 0.323 e. The van der Waals surface area contributed by atoms with E-state index in [1.54, 1.807) is 0 Å². The Morgan fingerprint density at radius 3 is 2.32 bits per heavy atom. The zero-order valence-electron chi connectivity index (χ0n) is 9.72. The van der Waals surface area contributed by atoms with Gasteiger partial charge in [0.1, 0.15) is 12.3 Å². The van der Waals surface area contributed by atoms with E-state index in [0.29, 0.717) is 0 Å². The summed E-state index contributed by atoms with van der Waals surface area (Å²) in [6.07, 6.45) is -2.73. The average molecular weight is 274 g/mol. The molecule has 0 atom stereocenters. The molecule has 0 aliphatic heterocycles. The molecule has 0 unspecified atom stereocenters. The fraction of sp³-hybridized carbons (Fsp3) is 0.273. The smallest absolute Gasteiger partial charge is 0.323 e. The first-order chi connectivity index (χ1) is 8.90. The minimum atomic E-state index is -2.73. The number of carbonyl (C=O) groups is 2. The number of hydrogen-bond acceptors (Lipinski definition) is 3. The van der Waals surface area contributed by atoms with E-state index < -0.39 is 31.5 Å². The summed E-state index contributed by atoms with van der Waals surface area (Å²) in [6, 6.07) is 4.17. The Bertz CT molecular complexity index is 451. The number of alkyl halides is 2. The molecule has 0 heterocycles. The van der Waals surface area contributed by atoms with Crippen LogP contribution in [0.15, 0.2) is 24.3 Å². The van der Waals surface area contributed by atoms with Gasteiger partial charge in [0.2, 0.25) is 0 Å². The number of carboxylic acids is 1. The van der Waals surface area contributed by atoms with Gasteiger partial charge in [0.05, 0.1) is 6.54 Å². The number of phenols is 1. The third-order valence-electron chi connectivity index (χ3n) is 2.11. The van der Waals surface area contributed by atoms with Gasteiger partial charge in [-0.3, -0.25) is 9.69 Å². The van der Waals surface area contributed by atoms with E-state index in [0.717, 1.165) is 4.90 Å². The van der Waals surface area contributed by atoms with Crippen LogP contribution < -0.4 is 10.2 Å². The molecule has 0 radical (unpaired) electrons. The fourth-order valence-electron chi connectivity index (χ4n) is 1.31. The van der Waals surface area contributed by atoms with E-state index in [-0.39, 0.29) is 11.4 Å². The average Bonchev–Trinajstić information content (AvgIpc) is 2.34. The second-order valence-electron chi connectivity index (χ2n) is 3.57. The van der Waals surface area contributed by atoms with Gasteiger partial charge in [0.25, 0.3) is 6.43 Å². The molecule has 1 rings (SSSR count). The second-order valence-corrected chi connectivity index (χ2v) is 3.57. The minimum Gasteiger partial charge on any atom is -0.508 e. The topological polar surface area (TPSA) is 89.9 Å². The molecule has 2 amide bonds. The summed E-state index contributed by atoms with van der Waals surface area (Å²) < 4.78 is 24.0. The summed E-state index contributed by atoms with van der Waals surface area (Å²) in [5, 5.41) is 19.7. The van der Waals surface area contributed by atoms with E-state index in [4.69, 9.17) is 10.2 Å². The quantitative estimate of drug-likeness (QED) is 0.754. The Labute approximate surface area is 107 Å². The van der Waals surface area contributed by atoms with Crippen LogP contribution in [0.1, 0.15) is 0 Å². The summed E-state index contributed by atoms with van der Waals surface area (Å²) in [4.78, 5) is 23.1. The maximum absolute atomic E-state index is 12.0. The maximum atomic E-state index is 12.0. The Hall–Kier alpha value is -2.38. The molecule has 6 nitrogen and oxygen atoms in total. The minimum absolute atomic E-state index is 0.0630. The highest BCUT2D eigenvalue weighted by atomic mass is 19.3. The Balaban J connectivity index is 2.84. The summed E-state index contributed by atoms with van der Waals surface area (Å²) in [7, 11) is 0. The van der Waals surface area contributed by atoms with Crippen molar-refractivity contribution in [2.75, 3.05) is 18.0 Å². The molecule has 19 heavy (non-hydrogen) atoms. The van der Waals surface area contributed by atoms with Crippen molar-refractivity contribution >= 4 is 17.7 Å². The molecule has 8 heteroatoms. The SMILES string of the molecule is O=C(O)CN(C(=O)NCC(F)F)c1ccc(O)cc1. The Morgan fingerprint density at radius 2 is 1.84 bits per heavy atom. The number of hydrogen-bond donors (Lipinski definition) is 3. The van der Waals surface area contributed by atoms with Gasteiger partial charge in [-0.25, -0.2) is 13.6 Å². The molecule has 0 aliphatic carbocycles. The molecule has 0 bridgehead atoms. The number of amides is 2. The summed E-state index contributed by atoms with van der Waals surface area (Å²) in [6.45, 7) is -1.55. The van der Waals surface area contributed by atoms with Crippen LogP contribution in [0.5, 0.6) is 5.75 Å². The molecule has 3 N–H and O–H groups in total. The van der Waals surface area contributed by atoms with Crippen molar-refractivity contribution in [1.82, 2.24) is 5.32 Å². The molecule has 1 aromatic carbocycles. The van der Waals surface area contributed by atoms with Gasteiger partial charge < -0.3 is 15.5 Å². The predicted octanol–water partition coefficient (Wildman–Crippen LogP) is 1.26. The Kier molecular flexibility index (Phi) is 5.04. The van der Waals surface area contributed by atoms with E-state index in [1.807, 2.05) is 5.32 Å². The number of phenolic OH excluding ortho intramolecular Hbond substituents is 1. The van der Waals surface area contributed by atoms with Crippen molar-refractivity contribution < 1.29 is 28.6 Å². The molecule has 0 saturated carbocycles. The number of urea groups is 1. The van der Waals surface area contributed by atoms with Crippen molar-refractivity contribution in [3.63, 3.8) is 0 Å². The van der Waals surface area contributed by atoms with Crippen molar-refractivity contribution in [1.29, 1.82) is 0 Å². The van der Waals surface area contributed by atoms with Crippen molar-refractivity contribution in [3.8, 4) is 5.75 Å². The van der Waals surface area contributed by atoms with Crippen LogP contribution in [0.2, 0.25) is 0 Å². The fourth-order valence-corrected chi connectivity index (χ4v) is 1.31. The van der Waals surface area contributed by atoms with Gasteiger partial charge in [-0.1, -0.05) is 0 Å². The molecular formula is C11H12F2N2O4. The number of anilines is 1. The molecule has 1 aromatic rings. The predicted molar refractivity (Wildman–Crippen MR) is 62.5 cm³/mol. The number of carboxylic acid groups (broad SMARTS) is 1. The number of rotatable bonds is 5. The van der Waals surface area contributed by atoms with Gasteiger partial charge >= 0.3 is 12.0 Å². The zero-order valence-corrected chi connectivity index (χ0v) is 9.72. The van der Waals surface area contributed by atoms with Crippen LogP contribution in [0.25, 0.3) is 0 Å². The number of aliphatic carboxylic acids is 1. The van der Waals surface area contributed by atoms with E-state index >= 15 is 0 Å². The zero-order chi connectivity index (χ0) is 14.4. The number of carbonyl (C=O) groups excluding carboxylic acids is 1. The van der Waals surface area contributed by atoms with Crippen LogP contribution in [-0.4, -0.2) is 41.7 Å². The van der Waals surface area contributed by atoms with Gasteiger partial charge in [0.15, 0.2) is 0 Å². The molecule has 0 saturated heterocycles. The van der Waals surface area contributed by atoms with E-state index in [2.05, 4.69) is 0 Å². The number of halogens is 2. The monoisotopic (exact) mass is 274 g/mol. The van der Waals surface area contributed by atoms with Crippen LogP contribution in [0.3, 0.4) is 0 Å². The number of aromatic hydroxyl groups is 1. The van der Waals surface area contributed by atoms with Gasteiger partial charge in [-0.2, -0.15) is 0 Å². The van der Waals surface area contributed by atoms with Gasteiger partial charge in [-0.05, 0) is 24.3 Å². The molecule has 104 valence electrons. The van der Waals surface area contributed by atoms with Crippen LogP contribution in [-0.2, 0) is 4.79 Å². The first kappa shape index (κ1) is 14.7. The van der Waals surface area contributed by atoms with Gasteiger partial charge in [0, 0.05) is 5.69 Å². The van der Waals surface area contributed by atoms with Crippen LogP contribution in [0.4, 0.5) is 19.3 Å².